The van der Waals surface area contributed by atoms with Gasteiger partial charge in [0.15, 0.2) is 0 Å². The molecule has 2 rings (SSSR count). The van der Waals surface area contributed by atoms with Gasteiger partial charge in [0.1, 0.15) is 11.5 Å². The molecule has 0 heterocycles. The second-order valence-electron chi connectivity index (χ2n) is 5.21. The van der Waals surface area contributed by atoms with Crippen molar-refractivity contribution in [2.45, 2.75) is 18.2 Å². The van der Waals surface area contributed by atoms with Gasteiger partial charge in [-0.05, 0) is 36.8 Å². The average Bonchev–Trinajstić information content (AvgIpc) is 2.59. The molecule has 0 atom stereocenters. The van der Waals surface area contributed by atoms with Gasteiger partial charge in [-0.1, -0.05) is 13.0 Å². The number of carbonyl (C=O) groups excluding carboxylic acids is 1. The number of carbonyl (C=O) groups is 1. The number of nitrogens with two attached hydrogens (primary N) is 1. The van der Waals surface area contributed by atoms with Crippen molar-refractivity contribution in [3.8, 4) is 11.5 Å². The Morgan fingerprint density at radius 1 is 1.20 bits per heavy atom. The third kappa shape index (κ3) is 4.63. The summed E-state index contributed by atoms with van der Waals surface area (Å²) >= 11 is 0. The van der Waals surface area contributed by atoms with E-state index in [0.29, 0.717) is 18.0 Å². The molecule has 0 fully saturated rings. The van der Waals surface area contributed by atoms with Crippen LogP contribution in [0.25, 0.3) is 0 Å². The summed E-state index contributed by atoms with van der Waals surface area (Å²) < 4.78 is 38.0. The van der Waals surface area contributed by atoms with Gasteiger partial charge in [0.2, 0.25) is 0 Å². The molecule has 0 unspecified atom stereocenters. The molecule has 7 nitrogen and oxygen atoms in total. The first-order valence-corrected chi connectivity index (χ1v) is 9.09. The quantitative estimate of drug-likeness (QED) is 0.748. The highest BCUT2D eigenvalue weighted by Gasteiger charge is 2.19. The van der Waals surface area contributed by atoms with Crippen molar-refractivity contribution in [3.63, 3.8) is 0 Å². The summed E-state index contributed by atoms with van der Waals surface area (Å²) in [6.45, 7) is 2.31. The Hall–Kier alpha value is -2.74. The summed E-state index contributed by atoms with van der Waals surface area (Å²) in [7, 11) is -2.41. The van der Waals surface area contributed by atoms with Crippen LogP contribution < -0.4 is 19.9 Å². The number of ether oxygens (including phenoxy) is 2. The zero-order chi connectivity index (χ0) is 18.4. The molecule has 2 aromatic rings. The van der Waals surface area contributed by atoms with Crippen LogP contribution in [0.3, 0.4) is 0 Å². The Kier molecular flexibility index (Phi) is 5.87. The van der Waals surface area contributed by atoms with E-state index in [4.69, 9.17) is 15.2 Å². The maximum absolute atomic E-state index is 12.6. The monoisotopic (exact) mass is 364 g/mol. The Labute approximate surface area is 146 Å². The van der Waals surface area contributed by atoms with Gasteiger partial charge in [-0.2, -0.15) is 0 Å². The zero-order valence-corrected chi connectivity index (χ0v) is 14.8. The van der Waals surface area contributed by atoms with E-state index >= 15 is 0 Å². The summed E-state index contributed by atoms with van der Waals surface area (Å²) in [5, 5.41) is 0. The van der Waals surface area contributed by atoms with Gasteiger partial charge in [-0.3, -0.25) is 9.52 Å². The van der Waals surface area contributed by atoms with Crippen molar-refractivity contribution in [2.24, 2.45) is 5.73 Å². The maximum atomic E-state index is 12.6. The Bertz CT molecular complexity index is 865. The molecule has 25 heavy (non-hydrogen) atoms. The molecule has 0 aliphatic heterocycles. The van der Waals surface area contributed by atoms with Gasteiger partial charge in [-0.15, -0.1) is 0 Å². The van der Waals surface area contributed by atoms with Crippen molar-refractivity contribution in [2.75, 3.05) is 18.4 Å². The largest absolute Gasteiger partial charge is 0.497 e. The van der Waals surface area contributed by atoms with Crippen LogP contribution in [0.4, 0.5) is 5.69 Å². The van der Waals surface area contributed by atoms with E-state index < -0.39 is 15.9 Å². The Morgan fingerprint density at radius 3 is 2.60 bits per heavy atom. The normalized spacial score (nSPS) is 11.0. The van der Waals surface area contributed by atoms with Crippen molar-refractivity contribution in [1.82, 2.24) is 0 Å². The highest BCUT2D eigenvalue weighted by atomic mass is 32.2. The first-order valence-electron chi connectivity index (χ1n) is 7.61. The molecule has 2 aromatic carbocycles. The van der Waals surface area contributed by atoms with Gasteiger partial charge in [0.25, 0.3) is 15.9 Å². The molecule has 0 aromatic heterocycles. The van der Waals surface area contributed by atoms with E-state index in [1.165, 1.54) is 25.3 Å². The molecular formula is C17H20N2O5S. The molecular weight excluding hydrogens is 344 g/mol. The Morgan fingerprint density at radius 2 is 1.96 bits per heavy atom. The molecule has 0 bridgehead atoms. The van der Waals surface area contributed by atoms with Crippen LogP contribution in [0.15, 0.2) is 47.4 Å². The molecule has 1 amide bonds. The van der Waals surface area contributed by atoms with Crippen molar-refractivity contribution in [1.29, 1.82) is 0 Å². The molecule has 8 heteroatoms. The minimum Gasteiger partial charge on any atom is -0.497 e. The molecule has 0 aliphatic carbocycles. The van der Waals surface area contributed by atoms with Crippen LogP contribution in [-0.2, 0) is 10.0 Å². The number of amides is 1. The van der Waals surface area contributed by atoms with Crippen LogP contribution in [0, 0.1) is 0 Å². The third-order valence-electron chi connectivity index (χ3n) is 3.31. The van der Waals surface area contributed by atoms with Gasteiger partial charge in [0, 0.05) is 6.07 Å². The Balaban J connectivity index is 2.35. The fourth-order valence-corrected chi connectivity index (χ4v) is 3.18. The fraction of sp³-hybridized carbons (Fsp3) is 0.235. The van der Waals surface area contributed by atoms with Crippen LogP contribution >= 0.6 is 0 Å². The van der Waals surface area contributed by atoms with Gasteiger partial charge in [-0.25, -0.2) is 8.42 Å². The number of methoxy groups -OCH3 is 1. The molecule has 0 aliphatic rings. The highest BCUT2D eigenvalue weighted by molar-refractivity contribution is 7.92. The van der Waals surface area contributed by atoms with E-state index in [2.05, 4.69) is 4.72 Å². The lowest BCUT2D eigenvalue weighted by molar-refractivity contribution is 0.0996. The lowest BCUT2D eigenvalue weighted by atomic mass is 10.2. The van der Waals surface area contributed by atoms with Crippen LogP contribution in [0.2, 0.25) is 0 Å². The number of hydrogen-bond acceptors (Lipinski definition) is 5. The van der Waals surface area contributed by atoms with Crippen molar-refractivity contribution >= 4 is 21.6 Å². The fourth-order valence-electron chi connectivity index (χ4n) is 2.11. The van der Waals surface area contributed by atoms with Gasteiger partial charge >= 0.3 is 0 Å². The van der Waals surface area contributed by atoms with Gasteiger partial charge < -0.3 is 15.2 Å². The van der Waals surface area contributed by atoms with E-state index in [1.54, 1.807) is 24.3 Å². The number of primary amides is 1. The smallest absolute Gasteiger partial charge is 0.261 e. The lowest BCUT2D eigenvalue weighted by Gasteiger charge is -2.12. The second-order valence-corrected chi connectivity index (χ2v) is 6.89. The molecule has 134 valence electrons. The van der Waals surface area contributed by atoms with E-state index in [0.717, 1.165) is 6.42 Å². The molecule has 0 saturated heterocycles. The second kappa shape index (κ2) is 7.89. The highest BCUT2D eigenvalue weighted by Crippen LogP contribution is 2.25. The van der Waals surface area contributed by atoms with E-state index in [9.17, 15) is 13.2 Å². The molecule has 0 saturated carbocycles. The number of nitrogens with one attached hydrogen (secondary N) is 1. The number of benzene rings is 2. The number of anilines is 1. The summed E-state index contributed by atoms with van der Waals surface area (Å²) in [6.07, 6.45) is 0.746. The number of rotatable bonds is 8. The van der Waals surface area contributed by atoms with Crippen LogP contribution in [0.5, 0.6) is 11.5 Å². The minimum atomic E-state index is -3.90. The summed E-state index contributed by atoms with van der Waals surface area (Å²) in [5.41, 5.74) is 5.69. The van der Waals surface area contributed by atoms with Crippen LogP contribution in [-0.4, -0.2) is 28.0 Å². The van der Waals surface area contributed by atoms with Crippen LogP contribution in [0.1, 0.15) is 23.7 Å². The zero-order valence-electron chi connectivity index (χ0n) is 14.0. The SMILES string of the molecule is CCCOc1ccc(S(=O)(=O)Nc2cccc(OC)c2)cc1C(N)=O. The number of sulfonamides is 1. The predicted molar refractivity (Wildman–Crippen MR) is 94.5 cm³/mol. The summed E-state index contributed by atoms with van der Waals surface area (Å²) in [6, 6.07) is 10.5. The third-order valence-corrected chi connectivity index (χ3v) is 4.69. The predicted octanol–water partition coefficient (Wildman–Crippen LogP) is 2.38. The number of hydrogen-bond donors (Lipinski definition) is 2. The van der Waals surface area contributed by atoms with E-state index in [-0.39, 0.29) is 16.2 Å². The van der Waals surface area contributed by atoms with E-state index in [1.807, 2.05) is 6.92 Å². The molecule has 0 radical (unpaired) electrons. The standard InChI is InChI=1S/C17H20N2O5S/c1-3-9-24-16-8-7-14(11-15(16)17(18)20)25(21,22)19-12-5-4-6-13(10-12)23-2/h4-8,10-11,19H,3,9H2,1-2H3,(H2,18,20). The maximum Gasteiger partial charge on any atom is 0.261 e. The van der Waals surface area contributed by atoms with Gasteiger partial charge in [0.05, 0.1) is 29.9 Å². The molecule has 3 N–H and O–H groups in total. The molecule has 0 spiro atoms. The summed E-state index contributed by atoms with van der Waals surface area (Å²) in [4.78, 5) is 11.5. The topological polar surface area (TPSA) is 108 Å². The lowest BCUT2D eigenvalue weighted by Crippen LogP contribution is -2.17. The van der Waals surface area contributed by atoms with Crippen molar-refractivity contribution < 1.29 is 22.7 Å². The first kappa shape index (κ1) is 18.6. The van der Waals surface area contributed by atoms with Crippen molar-refractivity contribution in [3.05, 3.63) is 48.0 Å². The minimum absolute atomic E-state index is 0.0157. The summed E-state index contributed by atoms with van der Waals surface area (Å²) in [5.74, 6) is 0.0144. The average molecular weight is 364 g/mol. The first-order chi connectivity index (χ1) is 11.9.